The van der Waals surface area contributed by atoms with E-state index >= 15 is 0 Å². The molecule has 0 radical (unpaired) electrons. The number of benzene rings is 1. The molecular weight excluding hydrogens is 220 g/mol. The summed E-state index contributed by atoms with van der Waals surface area (Å²) in [5, 5.41) is 3.64. The highest BCUT2D eigenvalue weighted by Crippen LogP contribution is 2.27. The average Bonchev–Trinajstić information content (AvgIpc) is 2.74. The molecule has 18 heavy (non-hydrogen) atoms. The van der Waals surface area contributed by atoms with E-state index in [0.29, 0.717) is 6.04 Å². The summed E-state index contributed by atoms with van der Waals surface area (Å²) in [6.45, 7) is 5.75. The maximum absolute atomic E-state index is 3.64. The Morgan fingerprint density at radius 2 is 2.11 bits per heavy atom. The highest BCUT2D eigenvalue weighted by molar-refractivity contribution is 5.52. The van der Waals surface area contributed by atoms with E-state index in [1.54, 1.807) is 11.1 Å². The van der Waals surface area contributed by atoms with Crippen molar-refractivity contribution < 1.29 is 0 Å². The highest BCUT2D eigenvalue weighted by atomic mass is 15.2. The van der Waals surface area contributed by atoms with Crippen molar-refractivity contribution in [2.24, 2.45) is 0 Å². The van der Waals surface area contributed by atoms with Gasteiger partial charge in [-0.25, -0.2) is 0 Å². The van der Waals surface area contributed by atoms with Crippen molar-refractivity contribution >= 4 is 5.69 Å². The molecule has 0 spiro atoms. The fourth-order valence-electron chi connectivity index (χ4n) is 3.29. The predicted molar refractivity (Wildman–Crippen MR) is 77.4 cm³/mol. The fraction of sp³-hybridized carbons (Fsp3) is 0.625. The van der Waals surface area contributed by atoms with E-state index in [0.717, 1.165) is 13.1 Å². The summed E-state index contributed by atoms with van der Waals surface area (Å²) >= 11 is 0. The zero-order valence-corrected chi connectivity index (χ0v) is 11.4. The molecular formula is C16H24N2. The summed E-state index contributed by atoms with van der Waals surface area (Å²) in [6, 6.07) is 7.84. The minimum absolute atomic E-state index is 0.712. The SMILES string of the molecule is CCC1CCN(c2ccc3c(c2)CCC3)CCN1. The van der Waals surface area contributed by atoms with E-state index in [2.05, 4.69) is 35.3 Å². The second-order valence-electron chi connectivity index (χ2n) is 5.64. The van der Waals surface area contributed by atoms with E-state index in [1.807, 2.05) is 0 Å². The largest absolute Gasteiger partial charge is 0.370 e. The Morgan fingerprint density at radius 1 is 1.22 bits per heavy atom. The molecule has 0 amide bonds. The quantitative estimate of drug-likeness (QED) is 0.860. The Morgan fingerprint density at radius 3 is 3.00 bits per heavy atom. The Bertz CT molecular complexity index is 414. The molecule has 1 saturated heterocycles. The van der Waals surface area contributed by atoms with Gasteiger partial charge in [0.1, 0.15) is 0 Å². The van der Waals surface area contributed by atoms with Gasteiger partial charge in [0.25, 0.3) is 0 Å². The smallest absolute Gasteiger partial charge is 0.0369 e. The lowest BCUT2D eigenvalue weighted by atomic mass is 10.1. The van der Waals surface area contributed by atoms with Crippen molar-refractivity contribution in [2.75, 3.05) is 24.5 Å². The molecule has 1 N–H and O–H groups in total. The number of fused-ring (bicyclic) bond motifs is 1. The van der Waals surface area contributed by atoms with Crippen molar-refractivity contribution in [3.8, 4) is 0 Å². The fourth-order valence-corrected chi connectivity index (χ4v) is 3.29. The molecule has 1 heterocycles. The molecule has 1 aromatic rings. The van der Waals surface area contributed by atoms with Gasteiger partial charge in [-0.2, -0.15) is 0 Å². The summed E-state index contributed by atoms with van der Waals surface area (Å²) in [5.74, 6) is 0. The summed E-state index contributed by atoms with van der Waals surface area (Å²) in [4.78, 5) is 2.56. The molecule has 1 aliphatic carbocycles. The van der Waals surface area contributed by atoms with Crippen LogP contribution in [0.4, 0.5) is 5.69 Å². The minimum Gasteiger partial charge on any atom is -0.370 e. The highest BCUT2D eigenvalue weighted by Gasteiger charge is 2.17. The molecule has 0 bridgehead atoms. The van der Waals surface area contributed by atoms with Gasteiger partial charge >= 0.3 is 0 Å². The summed E-state index contributed by atoms with van der Waals surface area (Å²) in [7, 11) is 0. The normalized spacial score (nSPS) is 23.8. The van der Waals surface area contributed by atoms with Gasteiger partial charge in [0.15, 0.2) is 0 Å². The maximum Gasteiger partial charge on any atom is 0.0369 e. The molecule has 3 rings (SSSR count). The van der Waals surface area contributed by atoms with E-state index in [4.69, 9.17) is 0 Å². The van der Waals surface area contributed by atoms with Crippen LogP contribution in [0.1, 0.15) is 37.3 Å². The van der Waals surface area contributed by atoms with Gasteiger partial charge in [-0.1, -0.05) is 13.0 Å². The third kappa shape index (κ3) is 2.39. The van der Waals surface area contributed by atoms with Gasteiger partial charge in [-0.3, -0.25) is 0 Å². The number of hydrogen-bond acceptors (Lipinski definition) is 2. The Balaban J connectivity index is 1.74. The zero-order valence-electron chi connectivity index (χ0n) is 11.4. The van der Waals surface area contributed by atoms with E-state index < -0.39 is 0 Å². The molecule has 1 aliphatic heterocycles. The van der Waals surface area contributed by atoms with Crippen LogP contribution in [0.15, 0.2) is 18.2 Å². The molecule has 1 unspecified atom stereocenters. The van der Waals surface area contributed by atoms with Gasteiger partial charge in [0.05, 0.1) is 0 Å². The second kappa shape index (κ2) is 5.31. The van der Waals surface area contributed by atoms with Crippen LogP contribution in [-0.4, -0.2) is 25.7 Å². The first kappa shape index (κ1) is 12.0. The Kier molecular flexibility index (Phi) is 3.55. The Hall–Kier alpha value is -1.02. The zero-order chi connectivity index (χ0) is 12.4. The number of nitrogens with one attached hydrogen (secondary N) is 1. The standard InChI is InChI=1S/C16H24N2/c1-2-15-8-10-18(11-9-17-15)16-7-6-13-4-3-5-14(13)12-16/h6-7,12,15,17H,2-5,8-11H2,1H3. The predicted octanol–water partition coefficient (Wildman–Crippen LogP) is 2.75. The minimum atomic E-state index is 0.712. The first-order valence-corrected chi connectivity index (χ1v) is 7.47. The van der Waals surface area contributed by atoms with E-state index in [9.17, 15) is 0 Å². The van der Waals surface area contributed by atoms with Crippen molar-refractivity contribution in [2.45, 2.75) is 45.1 Å². The molecule has 0 saturated carbocycles. The maximum atomic E-state index is 3.64. The van der Waals surface area contributed by atoms with Gasteiger partial charge in [0, 0.05) is 31.4 Å². The van der Waals surface area contributed by atoms with Crippen LogP contribution < -0.4 is 10.2 Å². The monoisotopic (exact) mass is 244 g/mol. The lowest BCUT2D eigenvalue weighted by molar-refractivity contribution is 0.510. The van der Waals surface area contributed by atoms with Crippen LogP contribution in [-0.2, 0) is 12.8 Å². The molecule has 0 aromatic heterocycles. The molecule has 1 fully saturated rings. The van der Waals surface area contributed by atoms with Crippen molar-refractivity contribution in [3.63, 3.8) is 0 Å². The van der Waals surface area contributed by atoms with Crippen LogP contribution in [0, 0.1) is 0 Å². The topological polar surface area (TPSA) is 15.3 Å². The van der Waals surface area contributed by atoms with Crippen LogP contribution in [0.5, 0.6) is 0 Å². The third-order valence-electron chi connectivity index (χ3n) is 4.50. The molecule has 2 nitrogen and oxygen atoms in total. The average molecular weight is 244 g/mol. The molecule has 1 atom stereocenters. The lowest BCUT2D eigenvalue weighted by Gasteiger charge is -2.23. The summed E-state index contributed by atoms with van der Waals surface area (Å²) < 4.78 is 0. The first-order chi connectivity index (χ1) is 8.86. The number of anilines is 1. The molecule has 2 aliphatic rings. The van der Waals surface area contributed by atoms with Crippen molar-refractivity contribution in [1.82, 2.24) is 5.32 Å². The van der Waals surface area contributed by atoms with Crippen LogP contribution in [0.25, 0.3) is 0 Å². The number of aryl methyl sites for hydroxylation is 2. The van der Waals surface area contributed by atoms with Gasteiger partial charge in [-0.15, -0.1) is 0 Å². The van der Waals surface area contributed by atoms with E-state index in [-0.39, 0.29) is 0 Å². The van der Waals surface area contributed by atoms with Crippen LogP contribution in [0.3, 0.4) is 0 Å². The first-order valence-electron chi connectivity index (χ1n) is 7.47. The number of hydrogen-bond donors (Lipinski definition) is 1. The Labute approximate surface area is 110 Å². The summed E-state index contributed by atoms with van der Waals surface area (Å²) in [6.07, 6.45) is 6.44. The van der Waals surface area contributed by atoms with Crippen LogP contribution >= 0.6 is 0 Å². The molecule has 98 valence electrons. The second-order valence-corrected chi connectivity index (χ2v) is 5.64. The molecule has 2 heteroatoms. The van der Waals surface area contributed by atoms with Crippen molar-refractivity contribution in [1.29, 1.82) is 0 Å². The summed E-state index contributed by atoms with van der Waals surface area (Å²) in [5.41, 5.74) is 4.61. The van der Waals surface area contributed by atoms with Gasteiger partial charge < -0.3 is 10.2 Å². The van der Waals surface area contributed by atoms with E-state index in [1.165, 1.54) is 44.3 Å². The van der Waals surface area contributed by atoms with Crippen molar-refractivity contribution in [3.05, 3.63) is 29.3 Å². The van der Waals surface area contributed by atoms with Gasteiger partial charge in [-0.05, 0) is 55.4 Å². The lowest BCUT2D eigenvalue weighted by Crippen LogP contribution is -2.30. The third-order valence-corrected chi connectivity index (χ3v) is 4.50. The van der Waals surface area contributed by atoms with Gasteiger partial charge in [0.2, 0.25) is 0 Å². The number of rotatable bonds is 2. The number of nitrogens with zero attached hydrogens (tertiary/aromatic N) is 1. The molecule has 1 aromatic carbocycles. The van der Waals surface area contributed by atoms with Crippen LogP contribution in [0.2, 0.25) is 0 Å².